The quantitative estimate of drug-likeness (QED) is 0.0929. The highest BCUT2D eigenvalue weighted by atomic mass is 35.6. The molecule has 1 aliphatic rings. The molecule has 0 saturated carbocycles. The van der Waals surface area contributed by atoms with E-state index in [0.717, 1.165) is 44.1 Å². The Morgan fingerprint density at radius 2 is 1.58 bits per heavy atom. The Hall–Kier alpha value is -2.23. The zero-order valence-electron chi connectivity index (χ0n) is 25.6. The van der Waals surface area contributed by atoms with Gasteiger partial charge in [0.1, 0.15) is 18.8 Å². The molecule has 1 fully saturated rings. The van der Waals surface area contributed by atoms with Crippen LogP contribution in [0.3, 0.4) is 0 Å². The Kier molecular flexibility index (Phi) is 15.4. The van der Waals surface area contributed by atoms with E-state index in [1.807, 2.05) is 30.3 Å². The van der Waals surface area contributed by atoms with Crippen LogP contribution in [0.4, 0.5) is 4.79 Å². The summed E-state index contributed by atoms with van der Waals surface area (Å²) >= 11 is 17.2. The van der Waals surface area contributed by atoms with Crippen LogP contribution in [0.25, 0.3) is 0 Å². The Labute approximate surface area is 270 Å². The summed E-state index contributed by atoms with van der Waals surface area (Å²) in [5, 5.41) is 0. The highest BCUT2D eigenvalue weighted by molar-refractivity contribution is 6.67. The van der Waals surface area contributed by atoms with Gasteiger partial charge in [0.2, 0.25) is 9.70 Å². The minimum absolute atomic E-state index is 0.0159. The molecule has 0 unspecified atom stereocenters. The van der Waals surface area contributed by atoms with Crippen LogP contribution in [0.1, 0.15) is 84.6 Å². The third-order valence-electron chi connectivity index (χ3n) is 6.88. The maximum absolute atomic E-state index is 13.8. The third-order valence-corrected chi connectivity index (χ3v) is 7.21. The van der Waals surface area contributed by atoms with Crippen LogP contribution < -0.4 is 0 Å². The van der Waals surface area contributed by atoms with Gasteiger partial charge in [-0.1, -0.05) is 111 Å². The maximum Gasteiger partial charge on any atom is 0.411 e. The van der Waals surface area contributed by atoms with Crippen molar-refractivity contribution < 1.29 is 33.4 Å². The molecule has 1 saturated heterocycles. The van der Waals surface area contributed by atoms with Crippen molar-refractivity contribution in [3.8, 4) is 0 Å². The average molecular weight is 664 g/mol. The molecule has 1 aliphatic heterocycles. The van der Waals surface area contributed by atoms with E-state index in [9.17, 15) is 19.2 Å². The number of piperazine rings is 1. The molecule has 12 heteroatoms. The summed E-state index contributed by atoms with van der Waals surface area (Å²) in [6.45, 7) is 7.07. The van der Waals surface area contributed by atoms with Gasteiger partial charge < -0.3 is 19.1 Å². The predicted molar refractivity (Wildman–Crippen MR) is 167 cm³/mol. The fourth-order valence-corrected chi connectivity index (χ4v) is 4.88. The van der Waals surface area contributed by atoms with Gasteiger partial charge in [-0.15, -0.1) is 0 Å². The molecule has 0 bridgehead atoms. The molecule has 2 amide bonds. The number of unbranched alkanes of at least 4 members (excludes halogenated alkanes) is 5. The molecule has 43 heavy (non-hydrogen) atoms. The zero-order valence-corrected chi connectivity index (χ0v) is 27.9. The van der Waals surface area contributed by atoms with Gasteiger partial charge in [-0.3, -0.25) is 14.5 Å². The molecular weight excluding hydrogens is 619 g/mol. The molecule has 2 atom stereocenters. The second-order valence-corrected chi connectivity index (χ2v) is 14.3. The number of ether oxygens (including phenoxy) is 3. The van der Waals surface area contributed by atoms with E-state index in [0.29, 0.717) is 6.42 Å². The van der Waals surface area contributed by atoms with Gasteiger partial charge in [0.15, 0.2) is 6.04 Å². The Balaban J connectivity index is 2.18. The zero-order chi connectivity index (χ0) is 32.0. The third kappa shape index (κ3) is 14.4. The first-order valence-electron chi connectivity index (χ1n) is 14.9. The number of hydrogen-bond donors (Lipinski definition) is 0. The SMILES string of the molecule is CCCCCCCC[C@H](CC(=O)OCC(Cl)(Cl)Cl)C(=O)N1CCN(C(=O)OC(C)(C)C)[C@H](C(=O)OCc2ccccc2)C1. The number of carbonyl (C=O) groups is 4. The summed E-state index contributed by atoms with van der Waals surface area (Å²) in [6.07, 6.45) is 5.70. The van der Waals surface area contributed by atoms with Gasteiger partial charge in [-0.05, 0) is 32.8 Å². The molecule has 0 radical (unpaired) electrons. The summed E-state index contributed by atoms with van der Waals surface area (Å²) in [6, 6.07) is 8.09. The number of carbonyl (C=O) groups excluding carboxylic acids is 4. The van der Waals surface area contributed by atoms with Crippen LogP contribution in [0.15, 0.2) is 30.3 Å². The molecule has 0 N–H and O–H groups in total. The van der Waals surface area contributed by atoms with Crippen LogP contribution in [0.2, 0.25) is 0 Å². The van der Waals surface area contributed by atoms with E-state index >= 15 is 0 Å². The first-order chi connectivity index (χ1) is 20.2. The normalized spacial score (nSPS) is 16.4. The lowest BCUT2D eigenvalue weighted by atomic mass is 9.95. The van der Waals surface area contributed by atoms with Gasteiger partial charge in [-0.25, -0.2) is 9.59 Å². The molecule has 0 aromatic heterocycles. The largest absolute Gasteiger partial charge is 0.461 e. The fraction of sp³-hybridized carbons (Fsp3) is 0.677. The van der Waals surface area contributed by atoms with Crippen molar-refractivity contribution in [1.82, 2.24) is 9.80 Å². The second kappa shape index (κ2) is 17.9. The lowest BCUT2D eigenvalue weighted by molar-refractivity contribution is -0.157. The van der Waals surface area contributed by atoms with E-state index < -0.39 is 46.0 Å². The lowest BCUT2D eigenvalue weighted by Crippen LogP contribution is -2.61. The van der Waals surface area contributed by atoms with Gasteiger partial charge in [0, 0.05) is 19.0 Å². The van der Waals surface area contributed by atoms with E-state index in [1.165, 1.54) is 9.80 Å². The number of alkyl halides is 3. The summed E-state index contributed by atoms with van der Waals surface area (Å²) in [5.41, 5.74) is 0.00780. The molecule has 242 valence electrons. The number of hydrogen-bond acceptors (Lipinski definition) is 7. The van der Waals surface area contributed by atoms with Gasteiger partial charge >= 0.3 is 18.0 Å². The summed E-state index contributed by atoms with van der Waals surface area (Å²) in [5.74, 6) is -2.30. The number of rotatable bonds is 14. The molecule has 9 nitrogen and oxygen atoms in total. The second-order valence-electron chi connectivity index (χ2n) is 11.8. The molecule has 2 rings (SSSR count). The number of halogens is 3. The van der Waals surface area contributed by atoms with E-state index in [4.69, 9.17) is 49.0 Å². The molecule has 1 aromatic rings. The van der Waals surface area contributed by atoms with Crippen molar-refractivity contribution in [3.63, 3.8) is 0 Å². The topological polar surface area (TPSA) is 102 Å². The van der Waals surface area contributed by atoms with Gasteiger partial charge in [-0.2, -0.15) is 0 Å². The highest BCUT2D eigenvalue weighted by Crippen LogP contribution is 2.27. The highest BCUT2D eigenvalue weighted by Gasteiger charge is 2.41. The first kappa shape index (κ1) is 37.0. The van der Waals surface area contributed by atoms with Crippen molar-refractivity contribution >= 4 is 58.7 Å². The van der Waals surface area contributed by atoms with E-state index in [2.05, 4.69) is 6.92 Å². The van der Waals surface area contributed by atoms with Crippen molar-refractivity contribution in [2.24, 2.45) is 5.92 Å². The standard InChI is InChI=1S/C31H45Cl3N2O7/c1-5-6-7-8-9-13-16-24(19-26(37)42-22-31(32,33)34)27(38)35-17-18-36(29(40)43-30(2,3)4)25(20-35)28(39)41-21-23-14-11-10-12-15-23/h10-12,14-15,24-25H,5-9,13,16-22H2,1-4H3/t24-,25+/m1/s1. The maximum atomic E-state index is 13.8. The molecule has 0 aliphatic carbocycles. The minimum atomic E-state index is -1.76. The molecular formula is C31H45Cl3N2O7. The number of amides is 2. The Morgan fingerprint density at radius 1 is 0.930 bits per heavy atom. The van der Waals surface area contributed by atoms with Crippen LogP contribution in [0.5, 0.6) is 0 Å². The van der Waals surface area contributed by atoms with Crippen molar-refractivity contribution in [1.29, 1.82) is 0 Å². The average Bonchev–Trinajstić information content (AvgIpc) is 2.94. The summed E-state index contributed by atoms with van der Waals surface area (Å²) in [7, 11) is 0. The monoisotopic (exact) mass is 662 g/mol. The van der Waals surface area contributed by atoms with Gasteiger partial charge in [0.25, 0.3) is 0 Å². The van der Waals surface area contributed by atoms with Crippen LogP contribution >= 0.6 is 34.8 Å². The van der Waals surface area contributed by atoms with E-state index in [-0.39, 0.29) is 38.6 Å². The van der Waals surface area contributed by atoms with Crippen molar-refractivity contribution in [2.75, 3.05) is 26.2 Å². The van der Waals surface area contributed by atoms with Gasteiger partial charge in [0.05, 0.1) is 13.0 Å². The fourth-order valence-electron chi connectivity index (χ4n) is 4.71. The minimum Gasteiger partial charge on any atom is -0.461 e. The summed E-state index contributed by atoms with van der Waals surface area (Å²) < 4.78 is 14.5. The van der Waals surface area contributed by atoms with Crippen molar-refractivity contribution in [3.05, 3.63) is 35.9 Å². The number of nitrogens with zero attached hydrogens (tertiary/aromatic N) is 2. The smallest absolute Gasteiger partial charge is 0.411 e. The Bertz CT molecular complexity index is 1040. The number of esters is 2. The van der Waals surface area contributed by atoms with Crippen LogP contribution in [0, 0.1) is 5.92 Å². The first-order valence-corrected chi connectivity index (χ1v) is 16.0. The lowest BCUT2D eigenvalue weighted by Gasteiger charge is -2.41. The molecule has 0 spiro atoms. The Morgan fingerprint density at radius 3 is 2.21 bits per heavy atom. The van der Waals surface area contributed by atoms with Crippen LogP contribution in [-0.4, -0.2) is 75.4 Å². The number of benzene rings is 1. The molecule has 1 heterocycles. The van der Waals surface area contributed by atoms with Crippen molar-refractivity contribution in [2.45, 2.75) is 101 Å². The van der Waals surface area contributed by atoms with E-state index in [1.54, 1.807) is 20.8 Å². The molecule has 1 aromatic carbocycles. The predicted octanol–water partition coefficient (Wildman–Crippen LogP) is 6.85. The summed E-state index contributed by atoms with van der Waals surface area (Å²) in [4.78, 5) is 55.6. The van der Waals surface area contributed by atoms with Crippen LogP contribution in [-0.2, 0) is 35.2 Å².